The highest BCUT2D eigenvalue weighted by molar-refractivity contribution is 6.00. The number of benzene rings is 1. The van der Waals surface area contributed by atoms with Crippen LogP contribution in [-0.2, 0) is 10.2 Å². The van der Waals surface area contributed by atoms with E-state index >= 15 is 0 Å². The van der Waals surface area contributed by atoms with E-state index in [9.17, 15) is 9.18 Å². The summed E-state index contributed by atoms with van der Waals surface area (Å²) in [7, 11) is 0. The minimum absolute atomic E-state index is 0.0243. The highest BCUT2D eigenvalue weighted by Gasteiger charge is 2.73. The molecule has 0 saturated heterocycles. The first-order valence-electron chi connectivity index (χ1n) is 14.2. The standard InChI is InChI=1S/C30H33FN4O3/c1-19-14-32-25(37-19)28-10-7-27(8-11-28,9-12-28)18-35(26(36)29-15-30(31,16-29)17-29)22-4-2-3-21(13-22)24-33-23(34-38-24)20-5-6-20/h2-4,13-14,20H,5-12,15-18H2,1H3. The number of amides is 1. The zero-order valence-corrected chi connectivity index (χ0v) is 21.8. The zero-order chi connectivity index (χ0) is 25.8. The molecule has 8 heteroatoms. The summed E-state index contributed by atoms with van der Waals surface area (Å²) in [4.78, 5) is 25.3. The van der Waals surface area contributed by atoms with Crippen LogP contribution in [0.15, 0.2) is 39.4 Å². The molecule has 38 heavy (non-hydrogen) atoms. The van der Waals surface area contributed by atoms with Crippen molar-refractivity contribution in [2.45, 2.75) is 94.6 Å². The van der Waals surface area contributed by atoms with Crippen molar-refractivity contribution < 1.29 is 18.1 Å². The molecule has 10 rings (SSSR count). The van der Waals surface area contributed by atoms with Crippen molar-refractivity contribution in [1.82, 2.24) is 15.1 Å². The van der Waals surface area contributed by atoms with E-state index in [0.717, 1.165) is 80.1 Å². The largest absolute Gasteiger partial charge is 0.445 e. The number of anilines is 1. The summed E-state index contributed by atoms with van der Waals surface area (Å²) in [6, 6.07) is 7.92. The molecule has 7 aliphatic rings. The van der Waals surface area contributed by atoms with E-state index in [4.69, 9.17) is 8.94 Å². The van der Waals surface area contributed by atoms with Gasteiger partial charge in [-0.2, -0.15) is 4.98 Å². The van der Waals surface area contributed by atoms with Crippen molar-refractivity contribution in [3.8, 4) is 11.5 Å². The molecule has 2 aromatic heterocycles. The monoisotopic (exact) mass is 516 g/mol. The molecule has 7 nitrogen and oxygen atoms in total. The first-order valence-corrected chi connectivity index (χ1v) is 14.2. The maximum atomic E-state index is 14.5. The minimum Gasteiger partial charge on any atom is -0.445 e. The number of halogens is 1. The molecule has 0 unspecified atom stereocenters. The van der Waals surface area contributed by atoms with Crippen LogP contribution < -0.4 is 4.90 Å². The summed E-state index contributed by atoms with van der Waals surface area (Å²) in [5.74, 6) is 3.51. The lowest BCUT2D eigenvalue weighted by Crippen LogP contribution is -2.71. The molecule has 7 saturated carbocycles. The maximum absolute atomic E-state index is 14.5. The van der Waals surface area contributed by atoms with Crippen LogP contribution in [0.1, 0.15) is 94.0 Å². The molecule has 2 heterocycles. The molecule has 7 aliphatic carbocycles. The number of rotatable bonds is 7. The Morgan fingerprint density at radius 1 is 1.11 bits per heavy atom. The fourth-order valence-corrected chi connectivity index (χ4v) is 7.88. The predicted molar refractivity (Wildman–Crippen MR) is 137 cm³/mol. The number of aryl methyl sites for hydroxylation is 1. The van der Waals surface area contributed by atoms with Crippen molar-refractivity contribution in [1.29, 1.82) is 0 Å². The molecule has 7 fully saturated rings. The molecule has 0 radical (unpaired) electrons. The van der Waals surface area contributed by atoms with Gasteiger partial charge in [0.15, 0.2) is 5.82 Å². The number of alkyl halides is 1. The number of hydrogen-bond acceptors (Lipinski definition) is 6. The fraction of sp³-hybridized carbons (Fsp3) is 0.600. The second-order valence-corrected chi connectivity index (χ2v) is 13.2. The highest BCUT2D eigenvalue weighted by atomic mass is 19.1. The van der Waals surface area contributed by atoms with Crippen LogP contribution in [0.4, 0.5) is 10.1 Å². The van der Waals surface area contributed by atoms with Gasteiger partial charge in [0, 0.05) is 29.1 Å². The summed E-state index contributed by atoms with van der Waals surface area (Å²) in [5.41, 5.74) is 0.0898. The normalized spacial score (nSPS) is 35.0. The Morgan fingerprint density at radius 2 is 1.84 bits per heavy atom. The smallest absolute Gasteiger partial charge is 0.258 e. The van der Waals surface area contributed by atoms with Crippen LogP contribution >= 0.6 is 0 Å². The number of aromatic nitrogens is 3. The molecule has 0 aliphatic heterocycles. The lowest BCUT2D eigenvalue weighted by molar-refractivity contribution is -0.211. The molecule has 1 aromatic carbocycles. The summed E-state index contributed by atoms with van der Waals surface area (Å²) in [5, 5.41) is 4.17. The third kappa shape index (κ3) is 3.37. The third-order valence-corrected chi connectivity index (χ3v) is 10.4. The minimum atomic E-state index is -1.12. The summed E-state index contributed by atoms with van der Waals surface area (Å²) in [6.45, 7) is 2.61. The van der Waals surface area contributed by atoms with Crippen molar-refractivity contribution in [3.63, 3.8) is 0 Å². The number of fused-ring (bicyclic) bond motifs is 3. The van der Waals surface area contributed by atoms with Crippen LogP contribution in [0.2, 0.25) is 0 Å². The SMILES string of the molecule is Cc1cnc(C23CCC(CN(C(=O)C45CC(F)(C4)C5)c4cccc(-c5nc(C6CC6)no5)c4)(CC2)CC3)o1. The third-order valence-electron chi connectivity index (χ3n) is 10.4. The van der Waals surface area contributed by atoms with Crippen molar-refractivity contribution in [3.05, 3.63) is 47.9 Å². The molecule has 0 N–H and O–H groups in total. The Kier molecular flexibility index (Phi) is 4.55. The van der Waals surface area contributed by atoms with Gasteiger partial charge in [-0.1, -0.05) is 11.2 Å². The second-order valence-electron chi connectivity index (χ2n) is 13.2. The molecule has 3 aromatic rings. The van der Waals surface area contributed by atoms with Crippen molar-refractivity contribution in [2.75, 3.05) is 11.4 Å². The van der Waals surface area contributed by atoms with Gasteiger partial charge in [0.25, 0.3) is 5.89 Å². The molecule has 1 amide bonds. The van der Waals surface area contributed by atoms with Crippen LogP contribution in [0.5, 0.6) is 0 Å². The Hall–Kier alpha value is -3.03. The zero-order valence-electron chi connectivity index (χ0n) is 21.8. The first kappa shape index (κ1) is 22.9. The summed E-state index contributed by atoms with van der Waals surface area (Å²) in [6.07, 6.45) is 11.3. The van der Waals surface area contributed by atoms with Gasteiger partial charge in [0.2, 0.25) is 11.8 Å². The molecule has 4 bridgehead atoms. The van der Waals surface area contributed by atoms with Crippen molar-refractivity contribution in [2.24, 2.45) is 10.8 Å². The molecule has 0 spiro atoms. The Labute approximate surface area is 221 Å². The van der Waals surface area contributed by atoms with Gasteiger partial charge in [-0.25, -0.2) is 9.37 Å². The number of oxazole rings is 1. The van der Waals surface area contributed by atoms with E-state index in [1.165, 1.54) is 0 Å². The quantitative estimate of drug-likeness (QED) is 0.360. The second kappa shape index (κ2) is 7.54. The number of hydrogen-bond donors (Lipinski definition) is 0. The molecular formula is C30H33FN4O3. The number of carbonyl (C=O) groups is 1. The lowest BCUT2D eigenvalue weighted by atomic mass is 9.41. The van der Waals surface area contributed by atoms with Gasteiger partial charge in [-0.15, -0.1) is 0 Å². The van der Waals surface area contributed by atoms with Gasteiger partial charge in [0.05, 0.1) is 11.6 Å². The topological polar surface area (TPSA) is 85.3 Å². The molecular weight excluding hydrogens is 483 g/mol. The van der Waals surface area contributed by atoms with Crippen LogP contribution in [0.3, 0.4) is 0 Å². The lowest BCUT2D eigenvalue weighted by Gasteiger charge is -2.65. The first-order chi connectivity index (χ1) is 18.3. The van der Waals surface area contributed by atoms with E-state index in [-0.39, 0.29) is 16.7 Å². The predicted octanol–water partition coefficient (Wildman–Crippen LogP) is 6.43. The van der Waals surface area contributed by atoms with E-state index in [1.54, 1.807) is 0 Å². The molecule has 0 atom stereocenters. The Bertz CT molecular complexity index is 1390. The van der Waals surface area contributed by atoms with Crippen LogP contribution in [-0.4, -0.2) is 33.2 Å². The van der Waals surface area contributed by atoms with Gasteiger partial charge in [-0.05, 0) is 101 Å². The number of carbonyl (C=O) groups excluding carboxylic acids is 1. The van der Waals surface area contributed by atoms with E-state index in [1.807, 2.05) is 42.3 Å². The van der Waals surface area contributed by atoms with E-state index < -0.39 is 11.1 Å². The fourth-order valence-electron chi connectivity index (χ4n) is 7.88. The van der Waals surface area contributed by atoms with Gasteiger partial charge in [0.1, 0.15) is 11.4 Å². The summed E-state index contributed by atoms with van der Waals surface area (Å²) < 4.78 is 26.1. The van der Waals surface area contributed by atoms with E-state index in [0.29, 0.717) is 37.6 Å². The Balaban J connectivity index is 1.09. The van der Waals surface area contributed by atoms with Crippen LogP contribution in [0.25, 0.3) is 11.5 Å². The van der Waals surface area contributed by atoms with Gasteiger partial charge in [-0.3, -0.25) is 4.79 Å². The molecule has 198 valence electrons. The van der Waals surface area contributed by atoms with Crippen LogP contribution in [0, 0.1) is 17.8 Å². The van der Waals surface area contributed by atoms with Crippen molar-refractivity contribution >= 4 is 11.6 Å². The average Bonchev–Trinajstić information content (AvgIpc) is 3.46. The number of nitrogens with zero attached hydrogens (tertiary/aromatic N) is 4. The maximum Gasteiger partial charge on any atom is 0.258 e. The van der Waals surface area contributed by atoms with E-state index in [2.05, 4.69) is 15.1 Å². The summed E-state index contributed by atoms with van der Waals surface area (Å²) >= 11 is 0. The van der Waals surface area contributed by atoms with Gasteiger partial charge < -0.3 is 13.8 Å². The highest BCUT2D eigenvalue weighted by Crippen LogP contribution is 2.70. The average molecular weight is 517 g/mol. The van der Waals surface area contributed by atoms with Gasteiger partial charge >= 0.3 is 0 Å². The Morgan fingerprint density at radius 3 is 2.47 bits per heavy atom.